The fourth-order valence-corrected chi connectivity index (χ4v) is 1.78. The van der Waals surface area contributed by atoms with Gasteiger partial charge in [-0.05, 0) is 6.07 Å². The second-order valence-electron chi connectivity index (χ2n) is 3.52. The Kier molecular flexibility index (Phi) is 3.22. The fourth-order valence-electron chi connectivity index (χ4n) is 1.65. The summed E-state index contributed by atoms with van der Waals surface area (Å²) in [6, 6.07) is 1.38. The molecule has 2 heterocycles. The Morgan fingerprint density at radius 3 is 3.06 bits per heavy atom. The maximum atomic E-state index is 13.5. The minimum atomic E-state index is -1.34. The monoisotopic (exact) mass is 248 g/mol. The second kappa shape index (κ2) is 4.48. The molecule has 1 N–H and O–H groups in total. The van der Waals surface area contributed by atoms with Crippen LogP contribution in [0.4, 0.5) is 4.39 Å². The average Bonchev–Trinajstić information content (AvgIpc) is 2.60. The van der Waals surface area contributed by atoms with Crippen LogP contribution in [0.15, 0.2) is 17.1 Å². The highest BCUT2D eigenvalue weighted by Crippen LogP contribution is 2.29. The lowest BCUT2D eigenvalue weighted by Gasteiger charge is -2.15. The first-order chi connectivity index (χ1) is 7.61. The lowest BCUT2D eigenvalue weighted by molar-refractivity contribution is -0.0393. The van der Waals surface area contributed by atoms with E-state index in [-0.39, 0.29) is 18.2 Å². The molecule has 1 aromatic rings. The van der Waals surface area contributed by atoms with E-state index in [1.54, 1.807) is 0 Å². The molecule has 0 aliphatic carbocycles. The second-order valence-corrected chi connectivity index (χ2v) is 3.91. The molecule has 0 aromatic carbocycles. The molecule has 16 heavy (non-hydrogen) atoms. The number of ether oxygens (including phenoxy) is 1. The number of aliphatic hydroxyl groups is 1. The first kappa shape index (κ1) is 11.5. The summed E-state index contributed by atoms with van der Waals surface area (Å²) in [5.41, 5.74) is -0.668. The minimum Gasteiger partial charge on any atom is -0.394 e. The molecule has 1 saturated heterocycles. The molecule has 0 radical (unpaired) electrons. The Labute approximate surface area is 95.4 Å². The highest BCUT2D eigenvalue weighted by Gasteiger charge is 2.36. The van der Waals surface area contributed by atoms with Crippen molar-refractivity contribution < 1.29 is 14.2 Å². The van der Waals surface area contributed by atoms with Crippen LogP contribution < -0.4 is 5.69 Å². The Hall–Kier alpha value is -0.980. The SMILES string of the molecule is O=c1nc(Cl)ccn1[C@@H]1O[C@H](CO)C[C@H]1F. The molecule has 0 amide bonds. The van der Waals surface area contributed by atoms with E-state index in [0.29, 0.717) is 0 Å². The van der Waals surface area contributed by atoms with Crippen molar-refractivity contribution in [2.24, 2.45) is 0 Å². The van der Waals surface area contributed by atoms with Gasteiger partial charge in [-0.3, -0.25) is 4.57 Å². The largest absolute Gasteiger partial charge is 0.394 e. The summed E-state index contributed by atoms with van der Waals surface area (Å²) in [5.74, 6) is 0. The summed E-state index contributed by atoms with van der Waals surface area (Å²) in [4.78, 5) is 14.9. The van der Waals surface area contributed by atoms with Crippen molar-refractivity contribution in [2.75, 3.05) is 6.61 Å². The number of halogens is 2. The Balaban J connectivity index is 2.28. The average molecular weight is 249 g/mol. The molecule has 1 aromatic heterocycles. The summed E-state index contributed by atoms with van der Waals surface area (Å²) < 4.78 is 19.8. The van der Waals surface area contributed by atoms with Crippen LogP contribution in [0.5, 0.6) is 0 Å². The van der Waals surface area contributed by atoms with Crippen LogP contribution in [0.1, 0.15) is 12.6 Å². The van der Waals surface area contributed by atoms with Crippen molar-refractivity contribution in [1.82, 2.24) is 9.55 Å². The number of hydrogen-bond donors (Lipinski definition) is 1. The molecule has 1 fully saturated rings. The zero-order valence-electron chi connectivity index (χ0n) is 8.22. The summed E-state index contributed by atoms with van der Waals surface area (Å²) >= 11 is 5.52. The standard InChI is InChI=1S/C9H10ClFN2O3/c10-7-1-2-13(9(15)12-7)8-6(11)3-5(4-14)16-8/h1-2,5-6,8,14H,3-4H2/t5-,6+,8+/m0/s1. The molecule has 5 nitrogen and oxygen atoms in total. The van der Waals surface area contributed by atoms with Gasteiger partial charge in [0.05, 0.1) is 12.7 Å². The molecule has 0 spiro atoms. The van der Waals surface area contributed by atoms with Crippen molar-refractivity contribution >= 4 is 11.6 Å². The van der Waals surface area contributed by atoms with E-state index in [1.165, 1.54) is 12.3 Å². The number of hydrogen-bond acceptors (Lipinski definition) is 4. The van der Waals surface area contributed by atoms with Gasteiger partial charge in [-0.15, -0.1) is 0 Å². The van der Waals surface area contributed by atoms with Crippen molar-refractivity contribution in [2.45, 2.75) is 24.9 Å². The lowest BCUT2D eigenvalue weighted by Crippen LogP contribution is -2.30. The summed E-state index contributed by atoms with van der Waals surface area (Å²) in [5, 5.41) is 8.90. The molecule has 3 atom stereocenters. The summed E-state index contributed by atoms with van der Waals surface area (Å²) in [6.45, 7) is -0.271. The van der Waals surface area contributed by atoms with Gasteiger partial charge in [0.1, 0.15) is 11.3 Å². The van der Waals surface area contributed by atoms with Crippen LogP contribution in [0.3, 0.4) is 0 Å². The van der Waals surface area contributed by atoms with Gasteiger partial charge in [0, 0.05) is 12.6 Å². The van der Waals surface area contributed by atoms with Crippen LogP contribution in [0, 0.1) is 0 Å². The van der Waals surface area contributed by atoms with E-state index in [9.17, 15) is 9.18 Å². The number of alkyl halides is 1. The normalized spacial score (nSPS) is 29.6. The third-order valence-corrected chi connectivity index (χ3v) is 2.61. The zero-order chi connectivity index (χ0) is 11.7. The van der Waals surface area contributed by atoms with Crippen molar-refractivity contribution in [3.05, 3.63) is 27.9 Å². The van der Waals surface area contributed by atoms with Crippen LogP contribution in [-0.4, -0.2) is 33.5 Å². The predicted molar refractivity (Wildman–Crippen MR) is 54.0 cm³/mol. The van der Waals surface area contributed by atoms with Gasteiger partial charge in [-0.25, -0.2) is 9.18 Å². The first-order valence-corrected chi connectivity index (χ1v) is 5.14. The van der Waals surface area contributed by atoms with Crippen LogP contribution in [0.2, 0.25) is 5.15 Å². The van der Waals surface area contributed by atoms with E-state index in [4.69, 9.17) is 21.4 Å². The topological polar surface area (TPSA) is 64.4 Å². The number of aromatic nitrogens is 2. The van der Waals surface area contributed by atoms with Gasteiger partial charge in [-0.2, -0.15) is 4.98 Å². The Morgan fingerprint density at radius 2 is 2.50 bits per heavy atom. The van der Waals surface area contributed by atoms with Gasteiger partial charge >= 0.3 is 5.69 Å². The number of nitrogens with zero attached hydrogens (tertiary/aromatic N) is 2. The number of rotatable bonds is 2. The third kappa shape index (κ3) is 2.09. The maximum Gasteiger partial charge on any atom is 0.351 e. The van der Waals surface area contributed by atoms with E-state index >= 15 is 0 Å². The maximum absolute atomic E-state index is 13.5. The van der Waals surface area contributed by atoms with E-state index in [2.05, 4.69) is 4.98 Å². The van der Waals surface area contributed by atoms with Gasteiger partial charge in [0.2, 0.25) is 0 Å². The fraction of sp³-hybridized carbons (Fsp3) is 0.556. The van der Waals surface area contributed by atoms with Gasteiger partial charge in [-0.1, -0.05) is 11.6 Å². The van der Waals surface area contributed by atoms with Crippen molar-refractivity contribution in [3.63, 3.8) is 0 Å². The van der Waals surface area contributed by atoms with Crippen molar-refractivity contribution in [3.8, 4) is 0 Å². The number of aliphatic hydroxyl groups excluding tert-OH is 1. The van der Waals surface area contributed by atoms with Crippen LogP contribution in [-0.2, 0) is 4.74 Å². The molecule has 0 bridgehead atoms. The van der Waals surface area contributed by atoms with E-state index in [1.807, 2.05) is 0 Å². The van der Waals surface area contributed by atoms with Gasteiger partial charge in [0.15, 0.2) is 6.23 Å². The predicted octanol–water partition coefficient (Wildman–Crippen LogP) is 0.515. The molecular formula is C9H10ClFN2O3. The molecule has 88 valence electrons. The minimum absolute atomic E-state index is 0.0494. The Bertz CT molecular complexity index is 439. The smallest absolute Gasteiger partial charge is 0.351 e. The van der Waals surface area contributed by atoms with Crippen LogP contribution >= 0.6 is 11.6 Å². The van der Waals surface area contributed by atoms with Gasteiger partial charge < -0.3 is 9.84 Å². The third-order valence-electron chi connectivity index (χ3n) is 2.40. The molecule has 0 unspecified atom stereocenters. The molecule has 1 aliphatic heterocycles. The quantitative estimate of drug-likeness (QED) is 0.775. The van der Waals surface area contributed by atoms with E-state index < -0.39 is 24.2 Å². The van der Waals surface area contributed by atoms with E-state index in [0.717, 1.165) is 4.57 Å². The highest BCUT2D eigenvalue weighted by molar-refractivity contribution is 6.29. The first-order valence-electron chi connectivity index (χ1n) is 4.77. The van der Waals surface area contributed by atoms with Crippen LogP contribution in [0.25, 0.3) is 0 Å². The molecule has 2 rings (SSSR count). The molecule has 7 heteroatoms. The Morgan fingerprint density at radius 1 is 1.75 bits per heavy atom. The lowest BCUT2D eigenvalue weighted by atomic mass is 10.2. The molecule has 1 aliphatic rings. The summed E-state index contributed by atoms with van der Waals surface area (Å²) in [6.07, 6.45) is -1.56. The molecular weight excluding hydrogens is 239 g/mol. The van der Waals surface area contributed by atoms with Gasteiger partial charge in [0.25, 0.3) is 0 Å². The molecule has 0 saturated carbocycles. The zero-order valence-corrected chi connectivity index (χ0v) is 8.97. The van der Waals surface area contributed by atoms with Crippen molar-refractivity contribution in [1.29, 1.82) is 0 Å². The highest BCUT2D eigenvalue weighted by atomic mass is 35.5. The summed E-state index contributed by atoms with van der Waals surface area (Å²) in [7, 11) is 0.